The van der Waals surface area contributed by atoms with E-state index < -0.39 is 0 Å². The number of thioether (sulfide) groups is 1. The third-order valence-electron chi connectivity index (χ3n) is 2.60. The van der Waals surface area contributed by atoms with Gasteiger partial charge in [-0.1, -0.05) is 0 Å². The second-order valence-electron chi connectivity index (χ2n) is 3.72. The number of aryl methyl sites for hydroxylation is 1. The maximum atomic E-state index is 4.27. The van der Waals surface area contributed by atoms with Gasteiger partial charge in [0.1, 0.15) is 5.82 Å². The number of hydrogen-bond donors (Lipinski definition) is 1. The molecule has 1 unspecified atom stereocenters. The second kappa shape index (κ2) is 4.84. The Labute approximate surface area is 89.3 Å². The van der Waals surface area contributed by atoms with Gasteiger partial charge >= 0.3 is 0 Å². The van der Waals surface area contributed by atoms with E-state index >= 15 is 0 Å². The fourth-order valence-corrected chi connectivity index (χ4v) is 2.95. The first-order chi connectivity index (χ1) is 6.86. The molecule has 4 heteroatoms. The molecule has 0 aliphatic carbocycles. The Kier molecular flexibility index (Phi) is 3.48. The molecule has 0 aromatic carbocycles. The molecule has 0 spiro atoms. The summed E-state index contributed by atoms with van der Waals surface area (Å²) in [5, 5.41) is 4.30. The Bertz CT molecular complexity index is 279. The van der Waals surface area contributed by atoms with E-state index in [2.05, 4.69) is 26.6 Å². The van der Waals surface area contributed by atoms with Gasteiger partial charge in [-0.15, -0.1) is 0 Å². The van der Waals surface area contributed by atoms with Crippen molar-refractivity contribution in [3.63, 3.8) is 0 Å². The predicted molar refractivity (Wildman–Crippen MR) is 60.4 cm³/mol. The van der Waals surface area contributed by atoms with Gasteiger partial charge in [0.2, 0.25) is 0 Å². The molecule has 0 amide bonds. The zero-order valence-electron chi connectivity index (χ0n) is 8.57. The summed E-state index contributed by atoms with van der Waals surface area (Å²) < 4.78 is 2.06. The molecule has 0 saturated carbocycles. The largest absolute Gasteiger partial charge is 0.337 e. The van der Waals surface area contributed by atoms with Crippen LogP contribution in [0.15, 0.2) is 12.4 Å². The molecule has 1 atom stereocenters. The van der Waals surface area contributed by atoms with E-state index in [1.165, 1.54) is 18.6 Å². The average molecular weight is 211 g/mol. The minimum Gasteiger partial charge on any atom is -0.337 e. The van der Waals surface area contributed by atoms with Crippen LogP contribution < -0.4 is 5.32 Å². The van der Waals surface area contributed by atoms with E-state index in [4.69, 9.17) is 0 Å². The van der Waals surface area contributed by atoms with E-state index in [0.717, 1.165) is 24.2 Å². The quantitative estimate of drug-likeness (QED) is 0.816. The molecule has 2 rings (SSSR count). The Hall–Kier alpha value is -0.480. The van der Waals surface area contributed by atoms with Gasteiger partial charge in [0.05, 0.1) is 6.54 Å². The van der Waals surface area contributed by atoms with Gasteiger partial charge in [0, 0.05) is 31.2 Å². The Morgan fingerprint density at radius 3 is 3.29 bits per heavy atom. The molecule has 1 N–H and O–H groups in total. The van der Waals surface area contributed by atoms with Crippen LogP contribution in [0.4, 0.5) is 0 Å². The molecule has 2 heterocycles. The highest BCUT2D eigenvalue weighted by Crippen LogP contribution is 2.25. The Morgan fingerprint density at radius 1 is 1.71 bits per heavy atom. The molecule has 1 fully saturated rings. The summed E-state index contributed by atoms with van der Waals surface area (Å²) in [5.74, 6) is 2.46. The van der Waals surface area contributed by atoms with Crippen molar-refractivity contribution in [1.82, 2.24) is 14.9 Å². The van der Waals surface area contributed by atoms with Crippen molar-refractivity contribution in [1.29, 1.82) is 0 Å². The normalized spacial score (nSPS) is 21.6. The molecule has 1 aromatic rings. The van der Waals surface area contributed by atoms with Crippen molar-refractivity contribution in [3.05, 3.63) is 18.2 Å². The third-order valence-corrected chi connectivity index (χ3v) is 4.00. The van der Waals surface area contributed by atoms with Crippen molar-refractivity contribution < 1.29 is 0 Å². The fourth-order valence-electron chi connectivity index (χ4n) is 1.72. The van der Waals surface area contributed by atoms with Crippen LogP contribution in [0.3, 0.4) is 0 Å². The molecule has 78 valence electrons. The lowest BCUT2D eigenvalue weighted by Crippen LogP contribution is -2.24. The van der Waals surface area contributed by atoms with Crippen molar-refractivity contribution in [2.45, 2.75) is 24.6 Å². The maximum Gasteiger partial charge on any atom is 0.122 e. The van der Waals surface area contributed by atoms with Crippen LogP contribution in [0.25, 0.3) is 0 Å². The van der Waals surface area contributed by atoms with Crippen LogP contribution in [0.1, 0.15) is 18.7 Å². The lowest BCUT2D eigenvalue weighted by Gasteiger charge is -2.09. The number of imidazole rings is 1. The Balaban J connectivity index is 1.70. The summed E-state index contributed by atoms with van der Waals surface area (Å²) in [6.07, 6.45) is 6.60. The third kappa shape index (κ3) is 2.51. The summed E-state index contributed by atoms with van der Waals surface area (Å²) >= 11 is 2.09. The van der Waals surface area contributed by atoms with Gasteiger partial charge in [0.25, 0.3) is 0 Å². The number of hydrogen-bond acceptors (Lipinski definition) is 3. The van der Waals surface area contributed by atoms with Crippen molar-refractivity contribution in [2.24, 2.45) is 7.05 Å². The first kappa shape index (κ1) is 10.1. The maximum absolute atomic E-state index is 4.27. The van der Waals surface area contributed by atoms with E-state index in [1.54, 1.807) is 0 Å². The molecule has 1 aliphatic rings. The zero-order chi connectivity index (χ0) is 9.80. The summed E-state index contributed by atoms with van der Waals surface area (Å²) in [4.78, 5) is 4.27. The molecular formula is C10H17N3S. The molecule has 0 bridgehead atoms. The summed E-state index contributed by atoms with van der Waals surface area (Å²) in [5.41, 5.74) is 0. The van der Waals surface area contributed by atoms with E-state index in [0.29, 0.717) is 0 Å². The van der Waals surface area contributed by atoms with Crippen LogP contribution in [0, 0.1) is 0 Å². The van der Waals surface area contributed by atoms with Crippen LogP contribution >= 0.6 is 11.8 Å². The van der Waals surface area contributed by atoms with E-state index in [-0.39, 0.29) is 0 Å². The summed E-state index contributed by atoms with van der Waals surface area (Å²) in [6.45, 7) is 2.01. The number of nitrogens with zero attached hydrogens (tertiary/aromatic N) is 2. The van der Waals surface area contributed by atoms with Crippen LogP contribution in [0.2, 0.25) is 0 Å². The van der Waals surface area contributed by atoms with Gasteiger partial charge in [-0.2, -0.15) is 11.8 Å². The smallest absolute Gasteiger partial charge is 0.122 e. The van der Waals surface area contributed by atoms with Gasteiger partial charge in [-0.05, 0) is 18.6 Å². The summed E-state index contributed by atoms with van der Waals surface area (Å²) in [7, 11) is 2.04. The Morgan fingerprint density at radius 2 is 2.64 bits per heavy atom. The highest BCUT2D eigenvalue weighted by molar-refractivity contribution is 8.00. The lowest BCUT2D eigenvalue weighted by atomic mass is 10.2. The van der Waals surface area contributed by atoms with Gasteiger partial charge in [-0.25, -0.2) is 4.98 Å². The van der Waals surface area contributed by atoms with Crippen molar-refractivity contribution in [3.8, 4) is 0 Å². The number of nitrogens with one attached hydrogen (secondary N) is 1. The first-order valence-electron chi connectivity index (χ1n) is 5.15. The molecule has 1 saturated heterocycles. The molecule has 0 radical (unpaired) electrons. The van der Waals surface area contributed by atoms with Crippen molar-refractivity contribution >= 4 is 11.8 Å². The lowest BCUT2D eigenvalue weighted by molar-refractivity contribution is 0.613. The zero-order valence-corrected chi connectivity index (χ0v) is 9.39. The topological polar surface area (TPSA) is 29.9 Å². The van der Waals surface area contributed by atoms with Gasteiger partial charge < -0.3 is 9.88 Å². The monoisotopic (exact) mass is 211 g/mol. The van der Waals surface area contributed by atoms with Gasteiger partial charge in [-0.3, -0.25) is 0 Å². The SMILES string of the molecule is Cn1ccnc1CNCC1CCCS1. The van der Waals surface area contributed by atoms with E-state index in [9.17, 15) is 0 Å². The molecular weight excluding hydrogens is 194 g/mol. The average Bonchev–Trinajstić information content (AvgIpc) is 2.78. The van der Waals surface area contributed by atoms with Crippen molar-refractivity contribution in [2.75, 3.05) is 12.3 Å². The summed E-state index contributed by atoms with van der Waals surface area (Å²) in [6, 6.07) is 0. The molecule has 3 nitrogen and oxygen atoms in total. The highest BCUT2D eigenvalue weighted by Gasteiger charge is 2.14. The number of aromatic nitrogens is 2. The van der Waals surface area contributed by atoms with Crippen LogP contribution in [-0.2, 0) is 13.6 Å². The minimum atomic E-state index is 0.829. The van der Waals surface area contributed by atoms with E-state index in [1.807, 2.05) is 19.4 Å². The molecule has 1 aromatic heterocycles. The number of rotatable bonds is 4. The molecule has 1 aliphatic heterocycles. The highest BCUT2D eigenvalue weighted by atomic mass is 32.2. The predicted octanol–water partition coefficient (Wildman–Crippen LogP) is 1.41. The van der Waals surface area contributed by atoms with Crippen LogP contribution in [0.5, 0.6) is 0 Å². The standard InChI is InChI=1S/C10H17N3S/c1-13-5-4-12-10(13)8-11-7-9-3-2-6-14-9/h4-5,9,11H,2-3,6-8H2,1H3. The first-order valence-corrected chi connectivity index (χ1v) is 6.19. The van der Waals surface area contributed by atoms with Gasteiger partial charge in [0.15, 0.2) is 0 Å². The molecule has 14 heavy (non-hydrogen) atoms. The van der Waals surface area contributed by atoms with Crippen LogP contribution in [-0.4, -0.2) is 27.1 Å². The minimum absolute atomic E-state index is 0.829. The fraction of sp³-hybridized carbons (Fsp3) is 0.700. The second-order valence-corrected chi connectivity index (χ2v) is 5.13.